The number of thiophene rings is 1. The van der Waals surface area contributed by atoms with Crippen LogP contribution in [0.15, 0.2) is 35.0 Å². The molecule has 2 amide bonds. The molecule has 5 nitrogen and oxygen atoms in total. The fraction of sp³-hybridized carbons (Fsp3) is 0.333. The summed E-state index contributed by atoms with van der Waals surface area (Å²) in [5.74, 6) is -0.253. The van der Waals surface area contributed by atoms with E-state index in [1.54, 1.807) is 11.4 Å². The molecule has 24 heavy (non-hydrogen) atoms. The first-order valence-electron chi connectivity index (χ1n) is 7.80. The quantitative estimate of drug-likeness (QED) is 0.811. The van der Waals surface area contributed by atoms with E-state index >= 15 is 0 Å². The minimum atomic E-state index is -0.146. The highest BCUT2D eigenvalue weighted by atomic mass is 32.1. The van der Waals surface area contributed by atoms with E-state index < -0.39 is 0 Å². The van der Waals surface area contributed by atoms with Crippen molar-refractivity contribution in [3.05, 3.63) is 51.7 Å². The minimum absolute atomic E-state index is 0.107. The Kier molecular flexibility index (Phi) is 6.52. The molecule has 2 N–H and O–H groups in total. The second kappa shape index (κ2) is 8.61. The molecule has 0 saturated heterocycles. The molecule has 2 aromatic rings. The lowest BCUT2D eigenvalue weighted by atomic mass is 10.1. The number of hydrogen-bond donors (Lipinski definition) is 2. The summed E-state index contributed by atoms with van der Waals surface area (Å²) >= 11 is 1.47. The van der Waals surface area contributed by atoms with Crippen LogP contribution < -0.4 is 10.6 Å². The van der Waals surface area contributed by atoms with Gasteiger partial charge in [0.15, 0.2) is 0 Å². The van der Waals surface area contributed by atoms with Crippen molar-refractivity contribution in [1.29, 1.82) is 0 Å². The van der Waals surface area contributed by atoms with Gasteiger partial charge in [-0.1, -0.05) is 17.7 Å². The monoisotopic (exact) mass is 345 g/mol. The zero-order valence-corrected chi connectivity index (χ0v) is 15.1. The SMILES string of the molecule is Cc1ccc(NC(=O)CCNC(=O)c2ccsc2)c(CN(C)C)c1. The summed E-state index contributed by atoms with van der Waals surface area (Å²) in [7, 11) is 3.99. The third kappa shape index (κ3) is 5.47. The Morgan fingerprint density at radius 2 is 2.00 bits per heavy atom. The third-order valence-corrected chi connectivity index (χ3v) is 4.13. The van der Waals surface area contributed by atoms with Crippen LogP contribution in [0.25, 0.3) is 0 Å². The van der Waals surface area contributed by atoms with Gasteiger partial charge in [0.25, 0.3) is 5.91 Å². The first-order valence-corrected chi connectivity index (χ1v) is 8.74. The van der Waals surface area contributed by atoms with Gasteiger partial charge in [-0.3, -0.25) is 9.59 Å². The molecule has 0 radical (unpaired) electrons. The summed E-state index contributed by atoms with van der Waals surface area (Å²) in [6.45, 7) is 3.10. The van der Waals surface area contributed by atoms with Crippen LogP contribution in [0.5, 0.6) is 0 Å². The van der Waals surface area contributed by atoms with Crippen LogP contribution in [0.4, 0.5) is 5.69 Å². The molecule has 0 aliphatic heterocycles. The van der Waals surface area contributed by atoms with Crippen molar-refractivity contribution in [3.8, 4) is 0 Å². The lowest BCUT2D eigenvalue weighted by molar-refractivity contribution is -0.116. The van der Waals surface area contributed by atoms with E-state index in [9.17, 15) is 9.59 Å². The second-order valence-electron chi connectivity index (χ2n) is 5.96. The van der Waals surface area contributed by atoms with Crippen molar-refractivity contribution in [2.45, 2.75) is 19.9 Å². The molecule has 0 spiro atoms. The number of benzene rings is 1. The highest BCUT2D eigenvalue weighted by Gasteiger charge is 2.10. The van der Waals surface area contributed by atoms with Gasteiger partial charge < -0.3 is 15.5 Å². The molecule has 1 heterocycles. The van der Waals surface area contributed by atoms with Gasteiger partial charge in [0.1, 0.15) is 0 Å². The van der Waals surface area contributed by atoms with Gasteiger partial charge in [0, 0.05) is 36.1 Å². The number of nitrogens with one attached hydrogen (secondary N) is 2. The van der Waals surface area contributed by atoms with E-state index in [0.717, 1.165) is 23.4 Å². The number of carbonyl (C=O) groups excluding carboxylic acids is 2. The Hall–Kier alpha value is -2.18. The predicted octanol–water partition coefficient (Wildman–Crippen LogP) is 2.88. The summed E-state index contributed by atoms with van der Waals surface area (Å²) in [6, 6.07) is 7.75. The number of nitrogens with zero attached hydrogens (tertiary/aromatic N) is 1. The molecule has 0 bridgehead atoms. The zero-order valence-electron chi connectivity index (χ0n) is 14.3. The summed E-state index contributed by atoms with van der Waals surface area (Å²) < 4.78 is 0. The van der Waals surface area contributed by atoms with Gasteiger partial charge in [-0.25, -0.2) is 0 Å². The smallest absolute Gasteiger partial charge is 0.252 e. The zero-order chi connectivity index (χ0) is 17.5. The third-order valence-electron chi connectivity index (χ3n) is 3.44. The number of hydrogen-bond acceptors (Lipinski definition) is 4. The number of carbonyl (C=O) groups is 2. The molecule has 6 heteroatoms. The Morgan fingerprint density at radius 3 is 2.67 bits per heavy atom. The number of aryl methyl sites for hydroxylation is 1. The normalized spacial score (nSPS) is 10.7. The molecule has 128 valence electrons. The molecule has 0 aliphatic rings. The maximum atomic E-state index is 12.1. The summed E-state index contributed by atoms with van der Waals surface area (Å²) in [5, 5.41) is 9.33. The van der Waals surface area contributed by atoms with Crippen molar-refractivity contribution >= 4 is 28.8 Å². The fourth-order valence-corrected chi connectivity index (χ4v) is 2.95. The summed E-state index contributed by atoms with van der Waals surface area (Å²) in [6.07, 6.45) is 0.241. The lowest BCUT2D eigenvalue weighted by Gasteiger charge is -2.16. The number of anilines is 1. The predicted molar refractivity (Wildman–Crippen MR) is 98.5 cm³/mol. The van der Waals surface area contributed by atoms with E-state index in [2.05, 4.69) is 21.6 Å². The van der Waals surface area contributed by atoms with E-state index in [0.29, 0.717) is 12.1 Å². The number of rotatable bonds is 7. The topological polar surface area (TPSA) is 61.4 Å². The molecule has 0 aliphatic carbocycles. The van der Waals surface area contributed by atoms with Crippen molar-refractivity contribution in [2.24, 2.45) is 0 Å². The Bertz CT molecular complexity index is 696. The molecule has 1 aromatic carbocycles. The van der Waals surface area contributed by atoms with E-state index in [1.165, 1.54) is 11.3 Å². The van der Waals surface area contributed by atoms with Gasteiger partial charge in [0.2, 0.25) is 5.91 Å². The molecule has 1 aromatic heterocycles. The maximum Gasteiger partial charge on any atom is 0.252 e. The van der Waals surface area contributed by atoms with Gasteiger partial charge in [0.05, 0.1) is 0 Å². The second-order valence-corrected chi connectivity index (χ2v) is 6.74. The van der Waals surface area contributed by atoms with E-state index in [4.69, 9.17) is 0 Å². The Balaban J connectivity index is 1.87. The Labute approximate surface area is 146 Å². The maximum absolute atomic E-state index is 12.1. The van der Waals surface area contributed by atoms with Crippen LogP contribution in [-0.4, -0.2) is 37.4 Å². The highest BCUT2D eigenvalue weighted by Crippen LogP contribution is 2.19. The van der Waals surface area contributed by atoms with Crippen molar-refractivity contribution in [1.82, 2.24) is 10.2 Å². The molecule has 0 fully saturated rings. The van der Waals surface area contributed by atoms with E-state index in [1.807, 2.05) is 38.5 Å². The molecule has 2 rings (SSSR count). The molecular weight excluding hydrogens is 322 g/mol. The minimum Gasteiger partial charge on any atom is -0.351 e. The standard InChI is InChI=1S/C18H23N3O2S/c1-13-4-5-16(15(10-13)11-21(2)3)20-17(22)6-8-19-18(23)14-7-9-24-12-14/h4-5,7,9-10,12H,6,8,11H2,1-3H3,(H,19,23)(H,20,22). The van der Waals surface area contributed by atoms with Crippen LogP contribution >= 0.6 is 11.3 Å². The molecule has 0 atom stereocenters. The van der Waals surface area contributed by atoms with Crippen LogP contribution in [-0.2, 0) is 11.3 Å². The fourth-order valence-electron chi connectivity index (χ4n) is 2.31. The summed E-state index contributed by atoms with van der Waals surface area (Å²) in [5.41, 5.74) is 3.69. The van der Waals surface area contributed by atoms with Crippen molar-refractivity contribution < 1.29 is 9.59 Å². The van der Waals surface area contributed by atoms with Crippen LogP contribution in [0.2, 0.25) is 0 Å². The lowest BCUT2D eigenvalue weighted by Crippen LogP contribution is -2.27. The van der Waals surface area contributed by atoms with Gasteiger partial charge in [-0.15, -0.1) is 0 Å². The highest BCUT2D eigenvalue weighted by molar-refractivity contribution is 7.08. The number of amides is 2. The van der Waals surface area contributed by atoms with Gasteiger partial charge in [-0.2, -0.15) is 11.3 Å². The van der Waals surface area contributed by atoms with E-state index in [-0.39, 0.29) is 18.2 Å². The van der Waals surface area contributed by atoms with Crippen LogP contribution in [0, 0.1) is 6.92 Å². The average molecular weight is 345 g/mol. The largest absolute Gasteiger partial charge is 0.351 e. The molecule has 0 saturated carbocycles. The van der Waals surface area contributed by atoms with Gasteiger partial charge in [-0.05, 0) is 44.1 Å². The molecular formula is C18H23N3O2S. The summed E-state index contributed by atoms with van der Waals surface area (Å²) in [4.78, 5) is 26.0. The first-order chi connectivity index (χ1) is 11.5. The Morgan fingerprint density at radius 1 is 1.21 bits per heavy atom. The van der Waals surface area contributed by atoms with Crippen molar-refractivity contribution in [3.63, 3.8) is 0 Å². The van der Waals surface area contributed by atoms with Gasteiger partial charge >= 0.3 is 0 Å². The van der Waals surface area contributed by atoms with Crippen LogP contribution in [0.1, 0.15) is 27.9 Å². The van der Waals surface area contributed by atoms with Crippen LogP contribution in [0.3, 0.4) is 0 Å². The first kappa shape index (κ1) is 18.2. The average Bonchev–Trinajstić information content (AvgIpc) is 3.04. The molecule has 0 unspecified atom stereocenters. The van der Waals surface area contributed by atoms with Crippen molar-refractivity contribution in [2.75, 3.05) is 26.0 Å².